The van der Waals surface area contributed by atoms with Crippen molar-refractivity contribution in [1.82, 2.24) is 19.8 Å². The number of ether oxygens (including phenoxy) is 1. The van der Waals surface area contributed by atoms with E-state index in [0.29, 0.717) is 6.54 Å². The number of methoxy groups -OCH3 is 1. The summed E-state index contributed by atoms with van der Waals surface area (Å²) in [5.74, 6) is 1.49. The molecule has 0 spiro atoms. The zero-order chi connectivity index (χ0) is 19.2. The molecule has 0 fully saturated rings. The van der Waals surface area contributed by atoms with E-state index in [9.17, 15) is 4.79 Å². The average molecular weight is 364 g/mol. The molecule has 2 amide bonds. The van der Waals surface area contributed by atoms with Gasteiger partial charge in [0, 0.05) is 33.0 Å². The normalized spacial score (nSPS) is 11.7. The summed E-state index contributed by atoms with van der Waals surface area (Å²) in [5, 5.41) is 3.10. The minimum Gasteiger partial charge on any atom is -0.497 e. The average Bonchev–Trinajstić information content (AvgIpc) is 3.12. The summed E-state index contributed by atoms with van der Waals surface area (Å²) in [4.78, 5) is 18.9. The molecule has 0 bridgehead atoms. The maximum atomic E-state index is 12.8. The predicted molar refractivity (Wildman–Crippen MR) is 104 cm³/mol. The van der Waals surface area contributed by atoms with Gasteiger partial charge in [-0.1, -0.05) is 42.5 Å². The molecule has 0 radical (unpaired) electrons. The van der Waals surface area contributed by atoms with Crippen LogP contribution in [-0.2, 0) is 13.6 Å². The quantitative estimate of drug-likeness (QED) is 0.730. The van der Waals surface area contributed by atoms with Gasteiger partial charge < -0.3 is 19.5 Å². The summed E-state index contributed by atoms with van der Waals surface area (Å²) in [6.07, 6.45) is 3.59. The standard InChI is InChI=1S/C21H24N4O2/c1-24-13-12-22-20(24)19(17-10-7-11-18(14-17)27-3)23-21(26)25(2)15-16-8-5-4-6-9-16/h4-14,19H,15H2,1-3H3,(H,23,26). The Bertz CT molecular complexity index is 892. The number of imidazole rings is 1. The van der Waals surface area contributed by atoms with Crippen LogP contribution in [0.5, 0.6) is 5.75 Å². The second-order valence-electron chi connectivity index (χ2n) is 6.40. The van der Waals surface area contributed by atoms with Gasteiger partial charge in [0.25, 0.3) is 0 Å². The van der Waals surface area contributed by atoms with Crippen molar-refractivity contribution in [2.75, 3.05) is 14.2 Å². The first-order valence-electron chi connectivity index (χ1n) is 8.75. The lowest BCUT2D eigenvalue weighted by Crippen LogP contribution is -2.40. The van der Waals surface area contributed by atoms with Crippen LogP contribution in [0.15, 0.2) is 67.0 Å². The summed E-state index contributed by atoms with van der Waals surface area (Å²) in [7, 11) is 5.32. The van der Waals surface area contributed by atoms with E-state index in [2.05, 4.69) is 10.3 Å². The van der Waals surface area contributed by atoms with Crippen molar-refractivity contribution in [3.05, 3.63) is 83.9 Å². The van der Waals surface area contributed by atoms with Crippen molar-refractivity contribution >= 4 is 6.03 Å². The number of aromatic nitrogens is 2. The number of hydrogen-bond donors (Lipinski definition) is 1. The van der Waals surface area contributed by atoms with E-state index >= 15 is 0 Å². The Labute approximate surface area is 159 Å². The summed E-state index contributed by atoms with van der Waals surface area (Å²) in [6.45, 7) is 0.526. The first-order chi connectivity index (χ1) is 13.1. The molecule has 0 aliphatic carbocycles. The molecule has 1 N–H and O–H groups in total. The molecule has 140 valence electrons. The molecule has 3 aromatic rings. The lowest BCUT2D eigenvalue weighted by Gasteiger charge is -2.24. The summed E-state index contributed by atoms with van der Waals surface area (Å²) < 4.78 is 7.24. The molecule has 1 atom stereocenters. The molecular weight excluding hydrogens is 340 g/mol. The molecule has 27 heavy (non-hydrogen) atoms. The van der Waals surface area contributed by atoms with E-state index in [4.69, 9.17) is 4.74 Å². The topological polar surface area (TPSA) is 59.4 Å². The molecule has 0 aliphatic heterocycles. The predicted octanol–water partition coefficient (Wildman–Crippen LogP) is 3.36. The highest BCUT2D eigenvalue weighted by Crippen LogP contribution is 2.24. The number of benzene rings is 2. The molecule has 2 aromatic carbocycles. The fourth-order valence-corrected chi connectivity index (χ4v) is 2.94. The van der Waals surface area contributed by atoms with Crippen molar-refractivity contribution in [2.45, 2.75) is 12.6 Å². The van der Waals surface area contributed by atoms with Gasteiger partial charge in [-0.25, -0.2) is 9.78 Å². The van der Waals surface area contributed by atoms with Crippen LogP contribution in [0.1, 0.15) is 23.0 Å². The number of carbonyl (C=O) groups excluding carboxylic acids is 1. The Kier molecular flexibility index (Phi) is 5.76. The van der Waals surface area contributed by atoms with E-state index < -0.39 is 0 Å². The van der Waals surface area contributed by atoms with Crippen LogP contribution in [0.2, 0.25) is 0 Å². The van der Waals surface area contributed by atoms with Crippen molar-refractivity contribution in [2.24, 2.45) is 7.05 Å². The van der Waals surface area contributed by atoms with E-state index in [-0.39, 0.29) is 12.1 Å². The Morgan fingerprint density at radius 2 is 2.00 bits per heavy atom. The highest BCUT2D eigenvalue weighted by atomic mass is 16.5. The van der Waals surface area contributed by atoms with Gasteiger partial charge in [0.2, 0.25) is 0 Å². The molecule has 6 heteroatoms. The SMILES string of the molecule is COc1cccc(C(NC(=O)N(C)Cc2ccccc2)c2nccn2C)c1. The lowest BCUT2D eigenvalue weighted by molar-refractivity contribution is 0.204. The Balaban J connectivity index is 1.83. The summed E-state index contributed by atoms with van der Waals surface area (Å²) in [5.41, 5.74) is 1.98. The molecule has 0 aliphatic rings. The molecule has 0 saturated carbocycles. The van der Waals surface area contributed by atoms with Crippen LogP contribution in [0.3, 0.4) is 0 Å². The summed E-state index contributed by atoms with van der Waals surface area (Å²) in [6, 6.07) is 17.0. The molecule has 0 saturated heterocycles. The Morgan fingerprint density at radius 3 is 2.67 bits per heavy atom. The highest BCUT2D eigenvalue weighted by molar-refractivity contribution is 5.75. The molecular formula is C21H24N4O2. The van der Waals surface area contributed by atoms with Gasteiger partial charge in [0.05, 0.1) is 7.11 Å². The van der Waals surface area contributed by atoms with Gasteiger partial charge >= 0.3 is 6.03 Å². The third-order valence-electron chi connectivity index (χ3n) is 4.42. The van der Waals surface area contributed by atoms with E-state index in [0.717, 1.165) is 22.7 Å². The van der Waals surface area contributed by atoms with E-state index in [1.807, 2.05) is 72.4 Å². The lowest BCUT2D eigenvalue weighted by atomic mass is 10.1. The Hall–Kier alpha value is -3.28. The van der Waals surface area contributed by atoms with Crippen molar-refractivity contribution in [3.8, 4) is 5.75 Å². The monoisotopic (exact) mass is 364 g/mol. The molecule has 1 heterocycles. The van der Waals surface area contributed by atoms with Gasteiger partial charge in [-0.3, -0.25) is 0 Å². The molecule has 1 unspecified atom stereocenters. The van der Waals surface area contributed by atoms with E-state index in [1.165, 1.54) is 0 Å². The molecule has 1 aromatic heterocycles. The smallest absolute Gasteiger partial charge is 0.318 e. The maximum Gasteiger partial charge on any atom is 0.318 e. The van der Waals surface area contributed by atoms with Crippen LogP contribution < -0.4 is 10.1 Å². The number of urea groups is 1. The number of aryl methyl sites for hydroxylation is 1. The minimum atomic E-state index is -0.383. The van der Waals surface area contributed by atoms with Gasteiger partial charge in [-0.2, -0.15) is 0 Å². The van der Waals surface area contributed by atoms with Crippen LogP contribution in [0.4, 0.5) is 4.79 Å². The largest absolute Gasteiger partial charge is 0.497 e. The molecule has 6 nitrogen and oxygen atoms in total. The Morgan fingerprint density at radius 1 is 1.22 bits per heavy atom. The van der Waals surface area contributed by atoms with Gasteiger partial charge in [0.1, 0.15) is 17.6 Å². The zero-order valence-electron chi connectivity index (χ0n) is 15.8. The second kappa shape index (κ2) is 8.40. The third-order valence-corrected chi connectivity index (χ3v) is 4.42. The van der Waals surface area contributed by atoms with Crippen LogP contribution in [-0.4, -0.2) is 34.6 Å². The number of nitrogens with one attached hydrogen (secondary N) is 1. The van der Waals surface area contributed by atoms with Crippen LogP contribution in [0, 0.1) is 0 Å². The van der Waals surface area contributed by atoms with E-state index in [1.54, 1.807) is 25.3 Å². The first-order valence-corrected chi connectivity index (χ1v) is 8.75. The third kappa shape index (κ3) is 4.47. The van der Waals surface area contributed by atoms with Crippen LogP contribution >= 0.6 is 0 Å². The van der Waals surface area contributed by atoms with Crippen molar-refractivity contribution in [1.29, 1.82) is 0 Å². The number of amides is 2. The van der Waals surface area contributed by atoms with Gasteiger partial charge in [-0.15, -0.1) is 0 Å². The van der Waals surface area contributed by atoms with Crippen molar-refractivity contribution in [3.63, 3.8) is 0 Å². The van der Waals surface area contributed by atoms with Crippen molar-refractivity contribution < 1.29 is 9.53 Å². The second-order valence-corrected chi connectivity index (χ2v) is 6.40. The maximum absolute atomic E-state index is 12.8. The first kappa shape index (κ1) is 18.5. The summed E-state index contributed by atoms with van der Waals surface area (Å²) >= 11 is 0. The minimum absolute atomic E-state index is 0.172. The fourth-order valence-electron chi connectivity index (χ4n) is 2.94. The fraction of sp³-hybridized carbons (Fsp3) is 0.238. The highest BCUT2D eigenvalue weighted by Gasteiger charge is 2.23. The number of rotatable bonds is 6. The zero-order valence-corrected chi connectivity index (χ0v) is 15.8. The van der Waals surface area contributed by atoms with Gasteiger partial charge in [0.15, 0.2) is 0 Å². The number of nitrogens with zero attached hydrogens (tertiary/aromatic N) is 3. The number of hydrogen-bond acceptors (Lipinski definition) is 3. The van der Waals surface area contributed by atoms with Gasteiger partial charge in [-0.05, 0) is 23.3 Å². The van der Waals surface area contributed by atoms with Crippen LogP contribution in [0.25, 0.3) is 0 Å². The number of carbonyl (C=O) groups is 1. The molecule has 3 rings (SSSR count).